The second-order valence-corrected chi connectivity index (χ2v) is 7.60. The van der Waals surface area contributed by atoms with Gasteiger partial charge in [0.25, 0.3) is 0 Å². The van der Waals surface area contributed by atoms with Crippen LogP contribution in [0.5, 0.6) is 11.5 Å². The molecule has 0 heterocycles. The molecule has 0 bridgehead atoms. The van der Waals surface area contributed by atoms with E-state index in [2.05, 4.69) is 32.0 Å². The molecule has 0 N–H and O–H groups in total. The fourth-order valence-electron chi connectivity index (χ4n) is 3.03. The number of rotatable bonds is 9. The van der Waals surface area contributed by atoms with E-state index in [0.717, 1.165) is 41.9 Å². The highest BCUT2D eigenvalue weighted by atomic mass is 35.7. The standard InChI is InChI=1S/C20H26ClO2P/c1-4-14-20(5-2,24-21)17-12-9-13-18(22-3)19(17)23-15-16-10-7-6-8-11-16/h6-13,24H,4-5,14-15H2,1-3H3. The number of hydrogen-bond acceptors (Lipinski definition) is 2. The maximum absolute atomic E-state index is 6.45. The molecule has 24 heavy (non-hydrogen) atoms. The monoisotopic (exact) mass is 364 g/mol. The Balaban J connectivity index is 2.40. The van der Waals surface area contributed by atoms with Crippen LogP contribution in [0.2, 0.25) is 0 Å². The molecule has 2 nitrogen and oxygen atoms in total. The van der Waals surface area contributed by atoms with Gasteiger partial charge in [-0.3, -0.25) is 0 Å². The SMILES string of the molecule is CCCC(CC)(PCl)c1cccc(OC)c1OCc1ccccc1. The minimum Gasteiger partial charge on any atom is -0.493 e. The highest BCUT2D eigenvalue weighted by molar-refractivity contribution is 7.69. The number of hydrogen-bond donors (Lipinski definition) is 0. The average molecular weight is 365 g/mol. The van der Waals surface area contributed by atoms with Crippen LogP contribution < -0.4 is 9.47 Å². The van der Waals surface area contributed by atoms with Crippen LogP contribution in [-0.2, 0) is 11.8 Å². The predicted molar refractivity (Wildman–Crippen MR) is 105 cm³/mol. The van der Waals surface area contributed by atoms with E-state index < -0.39 is 0 Å². The van der Waals surface area contributed by atoms with Crippen LogP contribution >= 0.6 is 19.2 Å². The summed E-state index contributed by atoms with van der Waals surface area (Å²) in [6.45, 7) is 4.92. The van der Waals surface area contributed by atoms with Gasteiger partial charge in [0.15, 0.2) is 11.5 Å². The van der Waals surface area contributed by atoms with Gasteiger partial charge in [0.2, 0.25) is 0 Å². The molecule has 0 aliphatic rings. The number of ether oxygens (including phenoxy) is 2. The Bertz CT molecular complexity index is 627. The van der Waals surface area contributed by atoms with Gasteiger partial charge in [-0.25, -0.2) is 0 Å². The van der Waals surface area contributed by atoms with Gasteiger partial charge in [-0.05, 0) is 32.4 Å². The second kappa shape index (κ2) is 9.30. The topological polar surface area (TPSA) is 18.5 Å². The third-order valence-electron chi connectivity index (χ3n) is 4.40. The van der Waals surface area contributed by atoms with Crippen molar-refractivity contribution in [1.82, 2.24) is 0 Å². The maximum atomic E-state index is 6.45. The molecule has 0 spiro atoms. The van der Waals surface area contributed by atoms with Gasteiger partial charge >= 0.3 is 0 Å². The van der Waals surface area contributed by atoms with Crippen molar-refractivity contribution in [3.05, 3.63) is 59.7 Å². The number of halogens is 1. The fraction of sp³-hybridized carbons (Fsp3) is 0.400. The molecule has 4 heteroatoms. The largest absolute Gasteiger partial charge is 0.493 e. The fourth-order valence-corrected chi connectivity index (χ4v) is 4.79. The molecular formula is C20H26ClO2P. The Morgan fingerprint density at radius 2 is 1.79 bits per heavy atom. The van der Waals surface area contributed by atoms with Crippen LogP contribution in [0.1, 0.15) is 44.2 Å². The van der Waals surface area contributed by atoms with Crippen molar-refractivity contribution in [2.24, 2.45) is 0 Å². The number of benzene rings is 2. The Morgan fingerprint density at radius 1 is 1.04 bits per heavy atom. The van der Waals surface area contributed by atoms with Crippen LogP contribution in [0, 0.1) is 0 Å². The molecule has 0 aliphatic carbocycles. The zero-order valence-corrected chi connectivity index (χ0v) is 16.4. The van der Waals surface area contributed by atoms with Crippen molar-refractivity contribution in [2.45, 2.75) is 44.9 Å². The van der Waals surface area contributed by atoms with Crippen molar-refractivity contribution in [2.75, 3.05) is 7.11 Å². The Kier molecular flexibility index (Phi) is 7.40. The predicted octanol–water partition coefficient (Wildman–Crippen LogP) is 6.51. The molecule has 2 aromatic carbocycles. The first-order chi connectivity index (χ1) is 11.7. The first-order valence-corrected chi connectivity index (χ1v) is 10.4. The molecule has 2 aromatic rings. The van der Waals surface area contributed by atoms with Crippen LogP contribution in [0.3, 0.4) is 0 Å². The molecule has 0 fully saturated rings. The summed E-state index contributed by atoms with van der Waals surface area (Å²) in [4.78, 5) is 0. The molecule has 0 amide bonds. The normalized spacial score (nSPS) is 13.8. The zero-order chi connectivity index (χ0) is 17.4. The van der Waals surface area contributed by atoms with Crippen molar-refractivity contribution >= 4 is 19.2 Å². The molecule has 130 valence electrons. The number of methoxy groups -OCH3 is 1. The van der Waals surface area contributed by atoms with E-state index in [1.807, 2.05) is 30.3 Å². The van der Waals surface area contributed by atoms with Crippen LogP contribution in [0.4, 0.5) is 0 Å². The Labute approximate surface area is 152 Å². The van der Waals surface area contributed by atoms with Crippen molar-refractivity contribution in [3.63, 3.8) is 0 Å². The van der Waals surface area contributed by atoms with Crippen molar-refractivity contribution in [3.8, 4) is 11.5 Å². The molecule has 0 saturated heterocycles. The Morgan fingerprint density at radius 3 is 2.38 bits per heavy atom. The first-order valence-electron chi connectivity index (χ1n) is 8.42. The molecule has 0 aliphatic heterocycles. The molecular weight excluding hydrogens is 339 g/mol. The van der Waals surface area contributed by atoms with E-state index in [-0.39, 0.29) is 5.16 Å². The third-order valence-corrected chi connectivity index (χ3v) is 6.72. The van der Waals surface area contributed by atoms with Crippen LogP contribution in [0.25, 0.3) is 0 Å². The van der Waals surface area contributed by atoms with E-state index in [0.29, 0.717) is 14.5 Å². The van der Waals surface area contributed by atoms with Crippen molar-refractivity contribution < 1.29 is 9.47 Å². The van der Waals surface area contributed by atoms with Gasteiger partial charge < -0.3 is 9.47 Å². The molecule has 2 unspecified atom stereocenters. The lowest BCUT2D eigenvalue weighted by atomic mass is 9.89. The average Bonchev–Trinajstić information content (AvgIpc) is 2.65. The summed E-state index contributed by atoms with van der Waals surface area (Å²) in [5.41, 5.74) is 2.30. The summed E-state index contributed by atoms with van der Waals surface area (Å²) in [6, 6.07) is 16.3. The smallest absolute Gasteiger partial charge is 0.165 e. The molecule has 0 aromatic heterocycles. The van der Waals surface area contributed by atoms with Gasteiger partial charge in [0.1, 0.15) is 6.61 Å². The van der Waals surface area contributed by atoms with Crippen molar-refractivity contribution in [1.29, 1.82) is 0 Å². The number of para-hydroxylation sites is 1. The van der Waals surface area contributed by atoms with Gasteiger partial charge in [0, 0.05) is 10.7 Å². The minimum absolute atomic E-state index is 0.0587. The lowest BCUT2D eigenvalue weighted by Crippen LogP contribution is -2.20. The molecule has 2 atom stereocenters. The lowest BCUT2D eigenvalue weighted by molar-refractivity contribution is 0.277. The second-order valence-electron chi connectivity index (χ2n) is 5.89. The van der Waals surface area contributed by atoms with E-state index in [4.69, 9.17) is 20.7 Å². The van der Waals surface area contributed by atoms with Gasteiger partial charge in [0.05, 0.1) is 7.11 Å². The van der Waals surface area contributed by atoms with E-state index in [1.165, 1.54) is 0 Å². The zero-order valence-electron chi connectivity index (χ0n) is 14.6. The van der Waals surface area contributed by atoms with E-state index >= 15 is 0 Å². The van der Waals surface area contributed by atoms with Gasteiger partial charge in [-0.15, -0.1) is 0 Å². The molecule has 0 radical (unpaired) electrons. The summed E-state index contributed by atoms with van der Waals surface area (Å²) in [7, 11) is 1.99. The van der Waals surface area contributed by atoms with Crippen LogP contribution in [-0.4, -0.2) is 7.11 Å². The highest BCUT2D eigenvalue weighted by Gasteiger charge is 2.33. The summed E-state index contributed by atoms with van der Waals surface area (Å²) >= 11 is 6.45. The summed E-state index contributed by atoms with van der Waals surface area (Å²) in [6.07, 6.45) is 3.11. The quantitative estimate of drug-likeness (QED) is 0.472. The van der Waals surface area contributed by atoms with Gasteiger partial charge in [-0.1, -0.05) is 74.0 Å². The first kappa shape index (κ1) is 19.1. The van der Waals surface area contributed by atoms with E-state index in [9.17, 15) is 0 Å². The molecule has 0 saturated carbocycles. The van der Waals surface area contributed by atoms with E-state index in [1.54, 1.807) is 7.11 Å². The van der Waals surface area contributed by atoms with Crippen LogP contribution in [0.15, 0.2) is 48.5 Å². The lowest BCUT2D eigenvalue weighted by Gasteiger charge is -2.33. The summed E-state index contributed by atoms with van der Waals surface area (Å²) < 4.78 is 11.8. The molecule has 2 rings (SSSR count). The highest BCUT2D eigenvalue weighted by Crippen LogP contribution is 2.54. The third kappa shape index (κ3) is 4.23. The summed E-state index contributed by atoms with van der Waals surface area (Å²) in [5, 5.41) is -0.0587. The summed E-state index contributed by atoms with van der Waals surface area (Å²) in [5.74, 6) is 1.60. The minimum atomic E-state index is -0.0587. The maximum Gasteiger partial charge on any atom is 0.165 e. The Hall–Kier alpha value is -1.24. The van der Waals surface area contributed by atoms with Gasteiger partial charge in [-0.2, -0.15) is 0 Å².